The molecule has 0 aliphatic carbocycles. The van der Waals surface area contributed by atoms with Gasteiger partial charge < -0.3 is 15.4 Å². The van der Waals surface area contributed by atoms with Gasteiger partial charge in [-0.25, -0.2) is 0 Å². The lowest BCUT2D eigenvalue weighted by Gasteiger charge is -2.23. The third kappa shape index (κ3) is 5.94. The number of anilines is 1. The van der Waals surface area contributed by atoms with Gasteiger partial charge in [0.05, 0.1) is 6.61 Å². The molecule has 0 heterocycles. The summed E-state index contributed by atoms with van der Waals surface area (Å²) in [4.78, 5) is 1.96. The Morgan fingerprint density at radius 1 is 1.21 bits per heavy atom. The van der Waals surface area contributed by atoms with Crippen LogP contribution in [0.25, 0.3) is 0 Å². The number of alkyl halides is 3. The lowest BCUT2D eigenvalue weighted by Crippen LogP contribution is -2.28. The van der Waals surface area contributed by atoms with Crippen LogP contribution in [-0.2, 0) is 11.3 Å². The zero-order chi connectivity index (χ0) is 14.3. The first kappa shape index (κ1) is 15.8. The van der Waals surface area contributed by atoms with E-state index in [1.165, 1.54) is 0 Å². The van der Waals surface area contributed by atoms with Crippen LogP contribution in [0.4, 0.5) is 18.9 Å². The van der Waals surface area contributed by atoms with Gasteiger partial charge in [-0.1, -0.05) is 12.1 Å². The molecule has 0 bridgehead atoms. The predicted molar refractivity (Wildman–Crippen MR) is 69.1 cm³/mol. The molecule has 1 aromatic carbocycles. The van der Waals surface area contributed by atoms with Crippen LogP contribution in [0.3, 0.4) is 0 Å². The Morgan fingerprint density at radius 3 is 2.32 bits per heavy atom. The molecule has 6 heteroatoms. The topological polar surface area (TPSA) is 38.5 Å². The molecule has 0 saturated carbocycles. The van der Waals surface area contributed by atoms with Crippen LogP contribution in [0.5, 0.6) is 0 Å². The number of ether oxygens (including phenoxy) is 1. The van der Waals surface area contributed by atoms with Crippen molar-refractivity contribution in [3.63, 3.8) is 0 Å². The van der Waals surface area contributed by atoms with E-state index in [1.807, 2.05) is 36.1 Å². The number of rotatable bonds is 7. The van der Waals surface area contributed by atoms with Gasteiger partial charge in [0.25, 0.3) is 0 Å². The van der Waals surface area contributed by atoms with Crippen LogP contribution < -0.4 is 10.6 Å². The fourth-order valence-electron chi connectivity index (χ4n) is 1.68. The summed E-state index contributed by atoms with van der Waals surface area (Å²) in [6.07, 6.45) is -4.26. The molecule has 0 unspecified atom stereocenters. The Balaban J connectivity index is 2.44. The van der Waals surface area contributed by atoms with Gasteiger partial charge in [-0.05, 0) is 24.6 Å². The van der Waals surface area contributed by atoms with E-state index in [-0.39, 0.29) is 6.61 Å². The van der Waals surface area contributed by atoms with E-state index in [1.54, 1.807) is 0 Å². The van der Waals surface area contributed by atoms with Crippen LogP contribution in [0.2, 0.25) is 0 Å². The molecule has 0 aliphatic heterocycles. The Bertz CT molecular complexity index is 365. The van der Waals surface area contributed by atoms with Crippen molar-refractivity contribution in [3.05, 3.63) is 29.8 Å². The van der Waals surface area contributed by atoms with E-state index in [0.29, 0.717) is 19.6 Å². The number of likely N-dealkylation sites (N-methyl/N-ethyl adjacent to an activating group) is 1. The molecule has 0 aliphatic rings. The Hall–Kier alpha value is -1.27. The van der Waals surface area contributed by atoms with Crippen molar-refractivity contribution in [2.75, 3.05) is 31.2 Å². The Morgan fingerprint density at radius 2 is 1.84 bits per heavy atom. The van der Waals surface area contributed by atoms with E-state index in [0.717, 1.165) is 11.3 Å². The fourth-order valence-corrected chi connectivity index (χ4v) is 1.68. The minimum Gasteiger partial charge on any atom is -0.370 e. The highest BCUT2D eigenvalue weighted by atomic mass is 19.4. The van der Waals surface area contributed by atoms with Crippen LogP contribution in [0, 0.1) is 0 Å². The Kier molecular flexibility index (Phi) is 6.11. The SMILES string of the molecule is CCN(CCOCC(F)(F)F)c1ccc(CN)cc1. The molecule has 0 radical (unpaired) electrons. The maximum Gasteiger partial charge on any atom is 0.411 e. The summed E-state index contributed by atoms with van der Waals surface area (Å²) in [5.74, 6) is 0. The summed E-state index contributed by atoms with van der Waals surface area (Å²) in [5, 5.41) is 0. The van der Waals surface area contributed by atoms with Gasteiger partial charge in [-0.15, -0.1) is 0 Å². The number of halogens is 3. The van der Waals surface area contributed by atoms with Gasteiger partial charge in [0.1, 0.15) is 6.61 Å². The quantitative estimate of drug-likeness (QED) is 0.778. The minimum absolute atomic E-state index is 0.0476. The highest BCUT2D eigenvalue weighted by molar-refractivity contribution is 5.47. The van der Waals surface area contributed by atoms with E-state index in [9.17, 15) is 13.2 Å². The molecule has 0 fully saturated rings. The largest absolute Gasteiger partial charge is 0.411 e. The molecule has 1 rings (SSSR count). The molecule has 19 heavy (non-hydrogen) atoms. The van der Waals surface area contributed by atoms with Crippen LogP contribution >= 0.6 is 0 Å². The van der Waals surface area contributed by atoms with Crippen LogP contribution in [0.1, 0.15) is 12.5 Å². The summed E-state index contributed by atoms with van der Waals surface area (Å²) in [6, 6.07) is 7.65. The highest BCUT2D eigenvalue weighted by Gasteiger charge is 2.27. The summed E-state index contributed by atoms with van der Waals surface area (Å²) in [5.41, 5.74) is 7.48. The highest BCUT2D eigenvalue weighted by Crippen LogP contribution is 2.16. The third-order valence-electron chi connectivity index (χ3n) is 2.69. The normalized spacial score (nSPS) is 11.6. The van der Waals surface area contributed by atoms with Gasteiger partial charge in [-0.3, -0.25) is 0 Å². The predicted octanol–water partition coefficient (Wildman–Crippen LogP) is 2.55. The molecule has 1 aromatic rings. The molecule has 0 amide bonds. The van der Waals surface area contributed by atoms with Crippen LogP contribution in [-0.4, -0.2) is 32.5 Å². The number of benzene rings is 1. The summed E-state index contributed by atoms with van der Waals surface area (Å²) in [7, 11) is 0. The fraction of sp³-hybridized carbons (Fsp3) is 0.538. The zero-order valence-corrected chi connectivity index (χ0v) is 10.9. The maximum absolute atomic E-state index is 11.9. The maximum atomic E-state index is 11.9. The standard InChI is InChI=1S/C13H19F3N2O/c1-2-18(7-8-19-10-13(14,15)16)12-5-3-11(9-17)4-6-12/h3-6H,2,7-10,17H2,1H3. The summed E-state index contributed by atoms with van der Waals surface area (Å²) < 4.78 is 40.4. The summed E-state index contributed by atoms with van der Waals surface area (Å²) in [6.45, 7) is 2.40. The third-order valence-corrected chi connectivity index (χ3v) is 2.69. The van der Waals surface area contributed by atoms with Crippen molar-refractivity contribution >= 4 is 5.69 Å². The van der Waals surface area contributed by atoms with Crippen LogP contribution in [0.15, 0.2) is 24.3 Å². The van der Waals surface area contributed by atoms with Gasteiger partial charge in [-0.2, -0.15) is 13.2 Å². The smallest absolute Gasteiger partial charge is 0.370 e. The number of hydrogen-bond acceptors (Lipinski definition) is 3. The van der Waals surface area contributed by atoms with Crippen molar-refractivity contribution in [1.82, 2.24) is 0 Å². The first-order chi connectivity index (χ1) is 8.96. The van der Waals surface area contributed by atoms with E-state index in [2.05, 4.69) is 4.74 Å². The number of hydrogen-bond donors (Lipinski definition) is 1. The minimum atomic E-state index is -4.26. The monoisotopic (exact) mass is 276 g/mol. The first-order valence-electron chi connectivity index (χ1n) is 6.14. The lowest BCUT2D eigenvalue weighted by molar-refractivity contribution is -0.173. The second kappa shape index (κ2) is 7.35. The molecular formula is C13H19F3N2O. The Labute approximate surface area is 111 Å². The van der Waals surface area contributed by atoms with Crippen molar-refractivity contribution < 1.29 is 17.9 Å². The van der Waals surface area contributed by atoms with Crippen molar-refractivity contribution in [2.45, 2.75) is 19.6 Å². The average molecular weight is 276 g/mol. The van der Waals surface area contributed by atoms with Crippen molar-refractivity contribution in [1.29, 1.82) is 0 Å². The van der Waals surface area contributed by atoms with Gasteiger partial charge in [0.15, 0.2) is 0 Å². The molecule has 0 spiro atoms. The number of nitrogens with zero attached hydrogens (tertiary/aromatic N) is 1. The van der Waals surface area contributed by atoms with Gasteiger partial charge in [0.2, 0.25) is 0 Å². The van der Waals surface area contributed by atoms with Gasteiger partial charge in [0, 0.05) is 25.3 Å². The molecule has 3 nitrogen and oxygen atoms in total. The second-order valence-corrected chi connectivity index (χ2v) is 4.12. The zero-order valence-electron chi connectivity index (χ0n) is 10.9. The second-order valence-electron chi connectivity index (χ2n) is 4.12. The molecule has 0 saturated heterocycles. The van der Waals surface area contributed by atoms with Gasteiger partial charge >= 0.3 is 6.18 Å². The molecule has 108 valence electrons. The average Bonchev–Trinajstić information content (AvgIpc) is 2.38. The molecule has 0 atom stereocenters. The molecule has 0 aromatic heterocycles. The van der Waals surface area contributed by atoms with E-state index in [4.69, 9.17) is 5.73 Å². The summed E-state index contributed by atoms with van der Waals surface area (Å²) >= 11 is 0. The van der Waals surface area contributed by atoms with Crippen molar-refractivity contribution in [2.24, 2.45) is 5.73 Å². The van der Waals surface area contributed by atoms with Crippen molar-refractivity contribution in [3.8, 4) is 0 Å². The molecule has 2 N–H and O–H groups in total. The molecular weight excluding hydrogens is 257 g/mol. The first-order valence-corrected chi connectivity index (χ1v) is 6.14. The van der Waals surface area contributed by atoms with E-state index < -0.39 is 12.8 Å². The van der Waals surface area contributed by atoms with E-state index >= 15 is 0 Å². The number of nitrogens with two attached hydrogens (primary N) is 1. The lowest BCUT2D eigenvalue weighted by atomic mass is 10.2.